The van der Waals surface area contributed by atoms with Gasteiger partial charge in [0.25, 0.3) is 0 Å². The van der Waals surface area contributed by atoms with Crippen LogP contribution in [0, 0.1) is 0 Å². The molecule has 0 fully saturated rings. The molecule has 6 heteroatoms. The molecule has 2 N–H and O–H groups in total. The van der Waals surface area contributed by atoms with Gasteiger partial charge in [-0.1, -0.05) is 111 Å². The van der Waals surface area contributed by atoms with Gasteiger partial charge in [0.2, 0.25) is 0 Å². The van der Waals surface area contributed by atoms with E-state index in [9.17, 15) is 0 Å². The van der Waals surface area contributed by atoms with Crippen molar-refractivity contribution in [3.05, 3.63) is 71.3 Å². The van der Waals surface area contributed by atoms with Crippen molar-refractivity contribution in [2.24, 2.45) is 0 Å². The van der Waals surface area contributed by atoms with Crippen LogP contribution in [0.5, 0.6) is 0 Å². The Morgan fingerprint density at radius 2 is 1.14 bits per heavy atom. The maximum Gasteiger partial charge on any atom is 0.0891 e. The molecule has 0 saturated heterocycles. The van der Waals surface area contributed by atoms with E-state index in [0.29, 0.717) is 0 Å². The van der Waals surface area contributed by atoms with Crippen LogP contribution in [-0.2, 0) is 11.3 Å². The first-order valence-corrected chi connectivity index (χ1v) is 22.4. The average molecular weight is 557 g/mol. The molecule has 2 heterocycles. The minimum absolute atomic E-state index is 0.268. The van der Waals surface area contributed by atoms with Crippen LogP contribution in [0.2, 0.25) is 39.3 Å². The molecule has 1 unspecified atom stereocenters. The highest BCUT2D eigenvalue weighted by molar-refractivity contribution is 7.60. The van der Waals surface area contributed by atoms with Gasteiger partial charge in [-0.2, -0.15) is 0 Å². The Bertz CT molecular complexity index is 1110. The minimum atomic E-state index is -1.59. The first-order valence-electron chi connectivity index (χ1n) is 13.3. The molecular formula is C30H50N2P2Si2. The Hall–Kier alpha value is -0.926. The molecule has 0 saturated carbocycles. The van der Waals surface area contributed by atoms with E-state index in [-0.39, 0.29) is 23.4 Å². The van der Waals surface area contributed by atoms with E-state index in [1.165, 1.54) is 22.5 Å². The Morgan fingerprint density at radius 1 is 0.722 bits per heavy atom. The van der Waals surface area contributed by atoms with Crippen molar-refractivity contribution in [2.75, 3.05) is 0 Å². The average Bonchev–Trinajstić information content (AvgIpc) is 3.42. The predicted octanol–water partition coefficient (Wildman–Crippen LogP) is 8.18. The van der Waals surface area contributed by atoms with Crippen molar-refractivity contribution in [1.82, 2.24) is 9.97 Å². The normalized spacial score (nSPS) is 14.1. The van der Waals surface area contributed by atoms with Gasteiger partial charge in [0.05, 0.1) is 21.3 Å². The number of benzene rings is 1. The molecule has 1 atom stereocenters. The molecule has 3 rings (SSSR count). The summed E-state index contributed by atoms with van der Waals surface area (Å²) in [5.74, 6) is 0. The largest absolute Gasteiger partial charge is 0.364 e. The van der Waals surface area contributed by atoms with E-state index in [4.69, 9.17) is 0 Å². The molecule has 2 nitrogen and oxygen atoms in total. The number of hydrogen-bond acceptors (Lipinski definition) is 0. The van der Waals surface area contributed by atoms with Gasteiger partial charge in [-0.15, -0.1) is 9.24 Å². The molecule has 198 valence electrons. The van der Waals surface area contributed by atoms with E-state index in [2.05, 4.69) is 149 Å². The smallest absolute Gasteiger partial charge is 0.0891 e. The second kappa shape index (κ2) is 9.99. The van der Waals surface area contributed by atoms with Crippen molar-refractivity contribution in [3.63, 3.8) is 0 Å². The van der Waals surface area contributed by atoms with E-state index < -0.39 is 16.1 Å². The van der Waals surface area contributed by atoms with Crippen molar-refractivity contribution >= 4 is 43.7 Å². The summed E-state index contributed by atoms with van der Waals surface area (Å²) >= 11 is 0. The Kier molecular flexibility index (Phi) is 8.22. The van der Waals surface area contributed by atoms with Crippen molar-refractivity contribution < 1.29 is 0 Å². The maximum atomic E-state index is 3.59. The first kappa shape index (κ1) is 29.6. The standard InChI is InChI=1S/C30H50N2P2Si2/c1-28(2,3)34(29(4,5)6)21-22-19-24(35(7,8)9)25(36(10,11)12)20-23(22)30(33,26-15-13-17-31-26)27-16-14-18-32-27/h13-20,31-32H,21,33H2,1-12H3. The first-order chi connectivity index (χ1) is 16.3. The van der Waals surface area contributed by atoms with Crippen LogP contribution in [0.3, 0.4) is 0 Å². The zero-order valence-electron chi connectivity index (χ0n) is 24.9. The van der Waals surface area contributed by atoms with Gasteiger partial charge < -0.3 is 9.97 Å². The minimum Gasteiger partial charge on any atom is -0.364 e. The van der Waals surface area contributed by atoms with Gasteiger partial charge in [0.1, 0.15) is 0 Å². The highest BCUT2D eigenvalue weighted by atomic mass is 31.1. The van der Waals surface area contributed by atoms with Gasteiger partial charge in [-0.25, -0.2) is 0 Å². The molecule has 0 spiro atoms. The third-order valence-electron chi connectivity index (χ3n) is 7.28. The summed E-state index contributed by atoms with van der Waals surface area (Å²) in [6, 6.07) is 14.1. The van der Waals surface area contributed by atoms with E-state index >= 15 is 0 Å². The zero-order chi connectivity index (χ0) is 27.3. The van der Waals surface area contributed by atoms with E-state index in [0.717, 1.165) is 6.16 Å². The quantitative estimate of drug-likeness (QED) is 0.217. The van der Waals surface area contributed by atoms with Crippen LogP contribution in [0.4, 0.5) is 0 Å². The van der Waals surface area contributed by atoms with Crippen LogP contribution in [0.25, 0.3) is 0 Å². The number of hydrogen-bond donors (Lipinski definition) is 2. The van der Waals surface area contributed by atoms with Gasteiger partial charge in [0, 0.05) is 23.8 Å². The van der Waals surface area contributed by atoms with Crippen LogP contribution in [-0.4, -0.2) is 36.4 Å². The van der Waals surface area contributed by atoms with Crippen LogP contribution in [0.1, 0.15) is 64.1 Å². The van der Waals surface area contributed by atoms with Crippen LogP contribution < -0.4 is 10.4 Å². The molecule has 0 aliphatic carbocycles. The molecule has 2 aromatic heterocycles. The summed E-state index contributed by atoms with van der Waals surface area (Å²) in [4.78, 5) is 7.19. The highest BCUT2D eigenvalue weighted by Gasteiger charge is 2.41. The summed E-state index contributed by atoms with van der Waals surface area (Å²) in [6.07, 6.45) is 5.26. The summed E-state index contributed by atoms with van der Waals surface area (Å²) in [6.45, 7) is 29.8. The Morgan fingerprint density at radius 3 is 1.47 bits per heavy atom. The van der Waals surface area contributed by atoms with Crippen LogP contribution in [0.15, 0.2) is 48.8 Å². The summed E-state index contributed by atoms with van der Waals surface area (Å²) in [7, 11) is -0.156. The maximum absolute atomic E-state index is 3.59. The molecule has 36 heavy (non-hydrogen) atoms. The predicted molar refractivity (Wildman–Crippen MR) is 174 cm³/mol. The summed E-state index contributed by atoms with van der Waals surface area (Å²) in [5.41, 5.74) is 5.41. The van der Waals surface area contributed by atoms with Crippen LogP contribution >= 0.6 is 17.2 Å². The molecule has 0 aliphatic rings. The number of nitrogens with one attached hydrogen (secondary N) is 2. The van der Waals surface area contributed by atoms with Crippen molar-refractivity contribution in [3.8, 4) is 0 Å². The second-order valence-corrected chi connectivity index (χ2v) is 29.3. The van der Waals surface area contributed by atoms with E-state index in [1.54, 1.807) is 10.4 Å². The fraction of sp³-hybridized carbons (Fsp3) is 0.533. The lowest BCUT2D eigenvalue weighted by atomic mass is 9.88. The monoisotopic (exact) mass is 556 g/mol. The summed E-state index contributed by atoms with van der Waals surface area (Å²) < 4.78 is 0. The van der Waals surface area contributed by atoms with Gasteiger partial charge in [-0.05, 0) is 51.9 Å². The van der Waals surface area contributed by atoms with Crippen molar-refractivity contribution in [2.45, 2.75) is 102 Å². The SMILES string of the molecule is CC(C)(C)P(Cc1cc([Si](C)(C)C)c([Si](C)(C)C)cc1C(P)(c1ccc[nH]1)c1ccc[nH]1)C(C)(C)C. The Labute approximate surface area is 226 Å². The number of aromatic nitrogens is 2. The topological polar surface area (TPSA) is 31.6 Å². The lowest BCUT2D eigenvalue weighted by Crippen LogP contribution is -2.57. The molecule has 0 radical (unpaired) electrons. The third kappa shape index (κ3) is 6.04. The van der Waals surface area contributed by atoms with Gasteiger partial charge in [-0.3, -0.25) is 0 Å². The lowest BCUT2D eigenvalue weighted by Gasteiger charge is -2.43. The number of H-pyrrole nitrogens is 2. The number of rotatable bonds is 7. The van der Waals surface area contributed by atoms with Crippen molar-refractivity contribution in [1.29, 1.82) is 0 Å². The Balaban J connectivity index is 2.45. The van der Waals surface area contributed by atoms with Gasteiger partial charge in [0.15, 0.2) is 0 Å². The summed E-state index contributed by atoms with van der Waals surface area (Å²) in [5, 5.41) is 3.49. The zero-order valence-corrected chi connectivity index (χ0v) is 28.9. The fourth-order valence-electron chi connectivity index (χ4n) is 5.62. The third-order valence-corrected chi connectivity index (χ3v) is 16.4. The molecule has 0 aliphatic heterocycles. The number of aromatic amines is 2. The fourth-order valence-corrected chi connectivity index (χ4v) is 15.0. The molecule has 1 aromatic carbocycles. The van der Waals surface area contributed by atoms with Gasteiger partial charge >= 0.3 is 0 Å². The lowest BCUT2D eigenvalue weighted by molar-refractivity contribution is 0.701. The molecular weight excluding hydrogens is 506 g/mol. The van der Waals surface area contributed by atoms with E-state index in [1.807, 2.05) is 0 Å². The second-order valence-electron chi connectivity index (χ2n) is 14.5. The molecule has 0 amide bonds. The molecule has 3 aromatic rings. The molecule has 0 bridgehead atoms. The highest BCUT2D eigenvalue weighted by Crippen LogP contribution is 2.62.